The van der Waals surface area contributed by atoms with Crippen LogP contribution in [0.15, 0.2) is 48.5 Å². The number of halogens is 3. The minimum absolute atomic E-state index is 0.0339. The van der Waals surface area contributed by atoms with Crippen molar-refractivity contribution in [1.29, 1.82) is 0 Å². The molecule has 2 aromatic rings. The number of alkyl halides is 3. The molecule has 0 fully saturated rings. The van der Waals surface area contributed by atoms with Crippen molar-refractivity contribution in [2.24, 2.45) is 0 Å². The van der Waals surface area contributed by atoms with E-state index >= 15 is 0 Å². The van der Waals surface area contributed by atoms with Gasteiger partial charge < -0.3 is 14.8 Å². The van der Waals surface area contributed by atoms with Gasteiger partial charge in [0.1, 0.15) is 5.75 Å². The molecule has 0 saturated carbocycles. The van der Waals surface area contributed by atoms with Crippen molar-refractivity contribution in [2.45, 2.75) is 45.6 Å². The van der Waals surface area contributed by atoms with Gasteiger partial charge in [0.05, 0.1) is 11.7 Å². The summed E-state index contributed by atoms with van der Waals surface area (Å²) in [5.74, 6) is -0.708. The Morgan fingerprint density at radius 1 is 1.07 bits per heavy atom. The second kappa shape index (κ2) is 9.45. The van der Waals surface area contributed by atoms with E-state index in [1.54, 1.807) is 13.8 Å². The maximum absolute atomic E-state index is 12.8. The first-order valence-electron chi connectivity index (χ1n) is 9.06. The van der Waals surface area contributed by atoms with E-state index in [1.807, 2.05) is 6.92 Å². The van der Waals surface area contributed by atoms with E-state index in [4.69, 9.17) is 9.47 Å². The fraction of sp³-hybridized carbons (Fsp3) is 0.333. The first-order chi connectivity index (χ1) is 13.6. The Hall–Kier alpha value is -3.03. The summed E-state index contributed by atoms with van der Waals surface area (Å²) in [6, 6.07) is 10.3. The summed E-state index contributed by atoms with van der Waals surface area (Å²) in [4.78, 5) is 24.2. The third-order valence-electron chi connectivity index (χ3n) is 4.10. The van der Waals surface area contributed by atoms with Gasteiger partial charge in [0, 0.05) is 11.3 Å². The molecule has 2 rings (SSSR count). The van der Waals surface area contributed by atoms with E-state index in [0.29, 0.717) is 12.2 Å². The molecule has 0 aliphatic rings. The van der Waals surface area contributed by atoms with Crippen molar-refractivity contribution in [3.05, 3.63) is 59.7 Å². The summed E-state index contributed by atoms with van der Waals surface area (Å²) in [7, 11) is 0. The average molecular weight is 409 g/mol. The third kappa shape index (κ3) is 6.51. The number of carbonyl (C=O) groups is 2. The van der Waals surface area contributed by atoms with Crippen LogP contribution in [0.1, 0.15) is 43.1 Å². The highest BCUT2D eigenvalue weighted by molar-refractivity contribution is 6.04. The molecule has 29 heavy (non-hydrogen) atoms. The molecule has 0 spiro atoms. The maximum atomic E-state index is 12.8. The largest absolute Gasteiger partial charge is 0.479 e. The second-order valence-electron chi connectivity index (χ2n) is 6.47. The molecule has 0 aliphatic carbocycles. The monoisotopic (exact) mass is 409 g/mol. The van der Waals surface area contributed by atoms with Gasteiger partial charge >= 0.3 is 12.1 Å². The molecule has 156 valence electrons. The van der Waals surface area contributed by atoms with Crippen LogP contribution in [0.3, 0.4) is 0 Å². The molecule has 0 radical (unpaired) electrons. The Morgan fingerprint density at radius 2 is 1.72 bits per heavy atom. The summed E-state index contributed by atoms with van der Waals surface area (Å²) < 4.78 is 49.0. The predicted octanol–water partition coefficient (Wildman–Crippen LogP) is 5.07. The SMILES string of the molecule is CC[C@H](C)OC(=O)[C@@H](C)Oc1ccc(C(=O)Nc2cccc(C(F)(F)F)c2)cc1. The van der Waals surface area contributed by atoms with Gasteiger partial charge in [-0.2, -0.15) is 13.2 Å². The number of amides is 1. The highest BCUT2D eigenvalue weighted by Crippen LogP contribution is 2.30. The van der Waals surface area contributed by atoms with Crippen LogP contribution in [-0.4, -0.2) is 24.1 Å². The van der Waals surface area contributed by atoms with Gasteiger partial charge in [-0.05, 0) is 62.7 Å². The van der Waals surface area contributed by atoms with E-state index in [2.05, 4.69) is 5.32 Å². The second-order valence-corrected chi connectivity index (χ2v) is 6.47. The third-order valence-corrected chi connectivity index (χ3v) is 4.10. The molecule has 0 saturated heterocycles. The molecule has 0 bridgehead atoms. The average Bonchev–Trinajstić information content (AvgIpc) is 2.67. The van der Waals surface area contributed by atoms with Crippen molar-refractivity contribution < 1.29 is 32.2 Å². The molecular formula is C21H22F3NO4. The van der Waals surface area contributed by atoms with Crippen LogP contribution < -0.4 is 10.1 Å². The summed E-state index contributed by atoms with van der Waals surface area (Å²) in [5, 5.41) is 2.42. The van der Waals surface area contributed by atoms with Crippen LogP contribution in [0.4, 0.5) is 18.9 Å². The van der Waals surface area contributed by atoms with Gasteiger partial charge in [0.25, 0.3) is 5.91 Å². The number of hydrogen-bond donors (Lipinski definition) is 1. The molecule has 2 aromatic carbocycles. The molecule has 0 aliphatic heterocycles. The molecule has 1 amide bonds. The minimum Gasteiger partial charge on any atom is -0.479 e. The fourth-order valence-electron chi connectivity index (χ4n) is 2.29. The quantitative estimate of drug-likeness (QED) is 0.649. The number of carbonyl (C=O) groups excluding carboxylic acids is 2. The Kier molecular flexibility index (Phi) is 7.25. The Labute approximate surface area is 166 Å². The summed E-state index contributed by atoms with van der Waals surface area (Å²) >= 11 is 0. The topological polar surface area (TPSA) is 64.6 Å². The summed E-state index contributed by atoms with van der Waals surface area (Å²) in [6.45, 7) is 5.23. The minimum atomic E-state index is -4.49. The Bertz CT molecular complexity index is 850. The molecule has 2 atom stereocenters. The van der Waals surface area contributed by atoms with E-state index in [9.17, 15) is 22.8 Å². The lowest BCUT2D eigenvalue weighted by Gasteiger charge is -2.17. The highest BCUT2D eigenvalue weighted by Gasteiger charge is 2.30. The van der Waals surface area contributed by atoms with Gasteiger partial charge in [0.2, 0.25) is 0 Å². The zero-order chi connectivity index (χ0) is 21.6. The van der Waals surface area contributed by atoms with Crippen molar-refractivity contribution in [3.8, 4) is 5.75 Å². The van der Waals surface area contributed by atoms with Gasteiger partial charge in [-0.1, -0.05) is 13.0 Å². The molecule has 0 heterocycles. The van der Waals surface area contributed by atoms with Crippen molar-refractivity contribution in [2.75, 3.05) is 5.32 Å². The van der Waals surface area contributed by atoms with Gasteiger partial charge in [0.15, 0.2) is 6.10 Å². The van der Waals surface area contributed by atoms with Gasteiger partial charge in [-0.3, -0.25) is 4.79 Å². The van der Waals surface area contributed by atoms with E-state index in [-0.39, 0.29) is 17.4 Å². The van der Waals surface area contributed by atoms with Gasteiger partial charge in [-0.25, -0.2) is 4.79 Å². The Balaban J connectivity index is 1.99. The van der Waals surface area contributed by atoms with Crippen molar-refractivity contribution >= 4 is 17.6 Å². The lowest BCUT2D eigenvalue weighted by molar-refractivity contribution is -0.155. The van der Waals surface area contributed by atoms with Crippen LogP contribution in [0, 0.1) is 0 Å². The van der Waals surface area contributed by atoms with Crippen LogP contribution in [0.2, 0.25) is 0 Å². The van der Waals surface area contributed by atoms with Crippen LogP contribution in [-0.2, 0) is 15.7 Å². The molecule has 8 heteroatoms. The van der Waals surface area contributed by atoms with E-state index in [0.717, 1.165) is 12.1 Å². The van der Waals surface area contributed by atoms with Gasteiger partial charge in [-0.15, -0.1) is 0 Å². The van der Waals surface area contributed by atoms with Crippen LogP contribution >= 0.6 is 0 Å². The number of anilines is 1. The summed E-state index contributed by atoms with van der Waals surface area (Å²) in [5.41, 5.74) is -0.589. The maximum Gasteiger partial charge on any atom is 0.416 e. The highest BCUT2D eigenvalue weighted by atomic mass is 19.4. The predicted molar refractivity (Wildman–Crippen MR) is 102 cm³/mol. The fourth-order valence-corrected chi connectivity index (χ4v) is 2.29. The van der Waals surface area contributed by atoms with E-state index in [1.165, 1.54) is 36.4 Å². The molecule has 0 aromatic heterocycles. The summed E-state index contributed by atoms with van der Waals surface area (Å²) in [6.07, 6.45) is -4.84. The molecule has 5 nitrogen and oxygen atoms in total. The number of benzene rings is 2. The number of rotatable bonds is 7. The smallest absolute Gasteiger partial charge is 0.416 e. The Morgan fingerprint density at radius 3 is 2.31 bits per heavy atom. The molecule has 1 N–H and O–H groups in total. The first kappa shape index (κ1) is 22.3. The normalized spacial score (nSPS) is 13.3. The number of nitrogens with one attached hydrogen (secondary N) is 1. The standard InChI is InChI=1S/C21H22F3NO4/c1-4-13(2)28-20(27)14(3)29-18-10-8-15(9-11-18)19(26)25-17-7-5-6-16(12-17)21(22,23)24/h5-14H,4H2,1-3H3,(H,25,26)/t13-,14+/m0/s1. The van der Waals surface area contributed by atoms with Crippen molar-refractivity contribution in [3.63, 3.8) is 0 Å². The van der Waals surface area contributed by atoms with Crippen LogP contribution in [0.25, 0.3) is 0 Å². The molecular weight excluding hydrogens is 387 g/mol. The van der Waals surface area contributed by atoms with Crippen LogP contribution in [0.5, 0.6) is 5.75 Å². The zero-order valence-electron chi connectivity index (χ0n) is 16.2. The zero-order valence-corrected chi connectivity index (χ0v) is 16.2. The number of esters is 1. The lowest BCUT2D eigenvalue weighted by atomic mass is 10.1. The van der Waals surface area contributed by atoms with Crippen molar-refractivity contribution in [1.82, 2.24) is 0 Å². The number of hydrogen-bond acceptors (Lipinski definition) is 4. The van der Waals surface area contributed by atoms with E-state index < -0.39 is 29.7 Å². The number of ether oxygens (including phenoxy) is 2. The first-order valence-corrected chi connectivity index (χ1v) is 9.06. The molecule has 0 unspecified atom stereocenters. The lowest BCUT2D eigenvalue weighted by Crippen LogP contribution is -2.29.